The molecular weight excluding hydrogens is 661 g/mol. The van der Waals surface area contributed by atoms with Crippen LogP contribution in [-0.4, -0.2) is 38.7 Å². The first kappa shape index (κ1) is 34.9. The third-order valence-electron chi connectivity index (χ3n) is 8.12. The van der Waals surface area contributed by atoms with Gasteiger partial charge in [-0.2, -0.15) is 23.0 Å². The zero-order chi connectivity index (χ0) is 35.5. The average molecular weight is 693 g/mol. The Morgan fingerprint density at radius 2 is 1.65 bits per heavy atom. The molecule has 2 aromatic heterocycles. The van der Waals surface area contributed by atoms with Crippen molar-refractivity contribution in [3.8, 4) is 29.0 Å². The van der Waals surface area contributed by atoms with E-state index in [1.54, 1.807) is 65.8 Å². The summed E-state index contributed by atoms with van der Waals surface area (Å²) in [7, 11) is -2.50. The number of carbonyl (C=O) groups excluding carboxylic acids is 1. The highest BCUT2D eigenvalue weighted by Gasteiger charge is 2.35. The zero-order valence-corrected chi connectivity index (χ0v) is 27.2. The monoisotopic (exact) mass is 692 g/mol. The fourth-order valence-corrected chi connectivity index (χ4v) is 6.23. The van der Waals surface area contributed by atoms with Crippen LogP contribution in [0.15, 0.2) is 101 Å². The van der Waals surface area contributed by atoms with Gasteiger partial charge in [-0.15, -0.1) is 0 Å². The van der Waals surface area contributed by atoms with Gasteiger partial charge >= 0.3 is 23.7 Å². The van der Waals surface area contributed by atoms with Crippen LogP contribution in [0.1, 0.15) is 42.5 Å². The van der Waals surface area contributed by atoms with Crippen LogP contribution in [0.3, 0.4) is 0 Å². The Balaban J connectivity index is 0.000000402. The van der Waals surface area contributed by atoms with Crippen LogP contribution in [0.4, 0.5) is 18.0 Å². The summed E-state index contributed by atoms with van der Waals surface area (Å²) in [4.78, 5) is 27.3. The molecule has 0 bridgehead atoms. The van der Waals surface area contributed by atoms with Gasteiger partial charge in [0.2, 0.25) is 0 Å². The van der Waals surface area contributed by atoms with Crippen molar-refractivity contribution in [2.75, 3.05) is 0 Å². The number of benzene rings is 3. The first-order valence-electron chi connectivity index (χ1n) is 15.1. The maximum absolute atomic E-state index is 13.9. The Bertz CT molecular complexity index is 2190. The molecule has 6 rings (SSSR count). The van der Waals surface area contributed by atoms with E-state index in [4.69, 9.17) is 0 Å². The van der Waals surface area contributed by atoms with Gasteiger partial charge in [0.05, 0.1) is 40.5 Å². The van der Waals surface area contributed by atoms with Crippen molar-refractivity contribution in [2.45, 2.75) is 49.7 Å². The van der Waals surface area contributed by atoms with E-state index in [2.05, 4.69) is 11.4 Å². The molecule has 1 N–H and O–H groups in total. The third kappa shape index (κ3) is 7.50. The minimum atomic E-state index is -4.60. The van der Waals surface area contributed by atoms with E-state index < -0.39 is 33.6 Å². The van der Waals surface area contributed by atoms with Gasteiger partial charge in [0, 0.05) is 6.04 Å². The summed E-state index contributed by atoms with van der Waals surface area (Å²) < 4.78 is 77.0. The molecule has 49 heavy (non-hydrogen) atoms. The number of nitrogens with zero attached hydrogens (tertiary/aromatic N) is 5. The summed E-state index contributed by atoms with van der Waals surface area (Å²) >= 11 is 0. The molecule has 0 radical (unpaired) electrons. The molecule has 0 spiro atoms. The van der Waals surface area contributed by atoms with E-state index in [0.29, 0.717) is 22.8 Å². The minimum Gasteiger partial charge on any atom is -0.744 e. The Kier molecular flexibility index (Phi) is 9.93. The van der Waals surface area contributed by atoms with Crippen LogP contribution in [0.25, 0.3) is 22.9 Å². The molecule has 1 fully saturated rings. The SMILES string of the molecule is Cc1c(-c2n(-c3ccc(C#N)cc3)cc[n+]2C)n(C(=O)NC2CCCC2)c(=O)n1-c1cccc(C(F)(F)F)c1.O=S(=O)([O-])c1ccccc1. The van der Waals surface area contributed by atoms with Crippen molar-refractivity contribution in [3.05, 3.63) is 119 Å². The minimum absolute atomic E-state index is 0.000115. The summed E-state index contributed by atoms with van der Waals surface area (Å²) in [5.74, 6) is 0.460. The second-order valence-corrected chi connectivity index (χ2v) is 12.8. The molecular formula is C34H31F3N6O5S. The molecule has 0 saturated heterocycles. The fourth-order valence-electron chi connectivity index (χ4n) is 5.74. The lowest BCUT2D eigenvalue weighted by Crippen LogP contribution is -2.42. The highest BCUT2D eigenvalue weighted by Crippen LogP contribution is 2.32. The van der Waals surface area contributed by atoms with Gasteiger partial charge < -0.3 is 9.87 Å². The van der Waals surface area contributed by atoms with Crippen LogP contribution >= 0.6 is 0 Å². The number of carbonyl (C=O) groups is 1. The number of alkyl halides is 3. The lowest BCUT2D eigenvalue weighted by Gasteiger charge is -2.13. The molecule has 11 nitrogen and oxygen atoms in total. The molecule has 1 amide bonds. The average Bonchev–Trinajstić information content (AvgIpc) is 3.78. The summed E-state index contributed by atoms with van der Waals surface area (Å²) in [5, 5.41) is 12.1. The summed E-state index contributed by atoms with van der Waals surface area (Å²) in [5.41, 5.74) is 0.00461. The molecule has 1 saturated carbocycles. The van der Waals surface area contributed by atoms with E-state index in [1.807, 2.05) is 0 Å². The summed E-state index contributed by atoms with van der Waals surface area (Å²) in [6.45, 7) is 1.60. The van der Waals surface area contributed by atoms with E-state index in [9.17, 15) is 41.0 Å². The Morgan fingerprint density at radius 1 is 1.00 bits per heavy atom. The quantitative estimate of drug-likeness (QED) is 0.198. The highest BCUT2D eigenvalue weighted by atomic mass is 32.2. The summed E-state index contributed by atoms with van der Waals surface area (Å²) in [6.07, 6.45) is 2.41. The van der Waals surface area contributed by atoms with E-state index in [1.165, 1.54) is 36.4 Å². The van der Waals surface area contributed by atoms with Gasteiger partial charge in [0.25, 0.3) is 0 Å². The Labute approximate surface area is 279 Å². The predicted molar refractivity (Wildman–Crippen MR) is 171 cm³/mol. The Morgan fingerprint density at radius 3 is 2.22 bits per heavy atom. The molecule has 5 aromatic rings. The largest absolute Gasteiger partial charge is 0.744 e. The van der Waals surface area contributed by atoms with Gasteiger partial charge in [-0.05, 0) is 74.4 Å². The van der Waals surface area contributed by atoms with Gasteiger partial charge in [0.15, 0.2) is 5.69 Å². The number of aryl methyl sites for hydroxylation is 1. The van der Waals surface area contributed by atoms with Crippen molar-refractivity contribution >= 4 is 16.1 Å². The number of nitrogens with one attached hydrogen (secondary N) is 1. The summed E-state index contributed by atoms with van der Waals surface area (Å²) in [6, 6.07) is 19.8. The molecule has 15 heteroatoms. The van der Waals surface area contributed by atoms with Gasteiger partial charge in [-0.3, -0.25) is 4.57 Å². The maximum Gasteiger partial charge on any atom is 0.416 e. The zero-order valence-electron chi connectivity index (χ0n) is 26.4. The molecule has 3 aromatic carbocycles. The Hall–Kier alpha value is -5.46. The van der Waals surface area contributed by atoms with Crippen LogP contribution in [0.2, 0.25) is 0 Å². The molecule has 0 aliphatic heterocycles. The van der Waals surface area contributed by atoms with Crippen molar-refractivity contribution < 1.29 is 35.5 Å². The molecule has 1 aliphatic rings. The van der Waals surface area contributed by atoms with Gasteiger partial charge in [-0.1, -0.05) is 37.1 Å². The van der Waals surface area contributed by atoms with E-state index in [-0.39, 0.29) is 22.3 Å². The fraction of sp³-hybridized carbons (Fsp3) is 0.235. The molecule has 2 heterocycles. The van der Waals surface area contributed by atoms with Crippen LogP contribution in [-0.2, 0) is 23.3 Å². The number of amides is 1. The molecule has 0 atom stereocenters. The smallest absolute Gasteiger partial charge is 0.416 e. The lowest BCUT2D eigenvalue weighted by molar-refractivity contribution is -0.659. The number of halogens is 3. The number of nitriles is 1. The van der Waals surface area contributed by atoms with Gasteiger partial charge in [0.1, 0.15) is 28.2 Å². The number of imidazole rings is 2. The number of hydrogen-bond acceptors (Lipinski definition) is 6. The molecule has 1 aliphatic carbocycles. The molecule has 254 valence electrons. The predicted octanol–water partition coefficient (Wildman–Crippen LogP) is 5.21. The topological polar surface area (TPSA) is 146 Å². The van der Waals surface area contributed by atoms with E-state index >= 15 is 0 Å². The van der Waals surface area contributed by atoms with Crippen molar-refractivity contribution in [3.63, 3.8) is 0 Å². The normalized spacial score (nSPS) is 13.4. The number of rotatable bonds is 5. The van der Waals surface area contributed by atoms with Crippen LogP contribution in [0, 0.1) is 18.3 Å². The van der Waals surface area contributed by atoms with Gasteiger partial charge in [-0.25, -0.2) is 27.1 Å². The van der Waals surface area contributed by atoms with Crippen molar-refractivity contribution in [1.29, 1.82) is 5.26 Å². The number of hydrogen-bond donors (Lipinski definition) is 1. The van der Waals surface area contributed by atoms with Crippen molar-refractivity contribution in [2.24, 2.45) is 7.05 Å². The molecule has 0 unspecified atom stereocenters. The highest BCUT2D eigenvalue weighted by molar-refractivity contribution is 7.85. The standard InChI is InChI=1S/C28H25F3N6O2.C6H6O3S/c1-18-24(25-34(2)14-15-35(25)22-12-10-19(17-32)11-13-22)37(26(38)33-21-7-3-4-8-21)27(39)36(18)23-9-5-6-20(16-23)28(29,30)31;7-10(8,9)6-4-2-1-3-5-6/h5-6,9-16,21H,3-4,7-8H2,1-2H3;1-5H,(H,7,8,9). The van der Waals surface area contributed by atoms with Crippen molar-refractivity contribution in [1.82, 2.24) is 19.0 Å². The van der Waals surface area contributed by atoms with Crippen LogP contribution < -0.4 is 15.6 Å². The maximum atomic E-state index is 13.9. The van der Waals surface area contributed by atoms with E-state index in [0.717, 1.165) is 47.0 Å². The first-order chi connectivity index (χ1) is 23.2. The second-order valence-electron chi connectivity index (χ2n) is 11.4. The first-order valence-corrected chi connectivity index (χ1v) is 16.5. The number of aromatic nitrogens is 4. The third-order valence-corrected chi connectivity index (χ3v) is 8.97. The second kappa shape index (κ2) is 14.0. The van der Waals surface area contributed by atoms with Crippen LogP contribution in [0.5, 0.6) is 0 Å². The lowest BCUT2D eigenvalue weighted by atomic mass is 10.2.